The molecule has 5 heteroatoms. The first kappa shape index (κ1) is 12.0. The van der Waals surface area contributed by atoms with Gasteiger partial charge in [-0.15, -0.1) is 6.42 Å². The molecule has 1 fully saturated rings. The minimum Gasteiger partial charge on any atom is -0.465 e. The molecule has 1 saturated heterocycles. The second kappa shape index (κ2) is 4.80. The third-order valence-corrected chi connectivity index (χ3v) is 2.64. The van der Waals surface area contributed by atoms with Gasteiger partial charge in [0.05, 0.1) is 19.2 Å². The van der Waals surface area contributed by atoms with Crippen LogP contribution in [-0.4, -0.2) is 32.3 Å². The number of terminal acetylenes is 1. The van der Waals surface area contributed by atoms with Gasteiger partial charge in [-0.05, 0) is 18.2 Å². The maximum atomic E-state index is 11.6. The lowest BCUT2D eigenvalue weighted by molar-refractivity contribution is 0.0600. The van der Waals surface area contributed by atoms with Crippen LogP contribution in [0.5, 0.6) is 0 Å². The molecule has 1 aliphatic heterocycles. The summed E-state index contributed by atoms with van der Waals surface area (Å²) in [7, 11) is 1.28. The number of carbonyl (C=O) groups is 2. The van der Waals surface area contributed by atoms with Gasteiger partial charge in [-0.1, -0.05) is 5.92 Å². The Kier molecular flexibility index (Phi) is 3.20. The topological polar surface area (TPSA) is 55.8 Å². The number of carbonyl (C=O) groups excluding carboxylic acids is 2. The van der Waals surface area contributed by atoms with E-state index in [9.17, 15) is 9.59 Å². The fourth-order valence-electron chi connectivity index (χ4n) is 1.73. The molecule has 5 nitrogen and oxygen atoms in total. The molecule has 0 radical (unpaired) electrons. The number of cyclic esters (lactones) is 1. The van der Waals surface area contributed by atoms with Gasteiger partial charge in [0.1, 0.15) is 6.61 Å². The first-order valence-electron chi connectivity index (χ1n) is 5.30. The van der Waals surface area contributed by atoms with E-state index >= 15 is 0 Å². The van der Waals surface area contributed by atoms with Crippen LogP contribution in [-0.2, 0) is 9.47 Å². The Hall–Kier alpha value is -2.48. The van der Waals surface area contributed by atoms with Crippen molar-refractivity contribution in [2.45, 2.75) is 0 Å². The first-order chi connectivity index (χ1) is 8.67. The largest absolute Gasteiger partial charge is 0.465 e. The summed E-state index contributed by atoms with van der Waals surface area (Å²) in [5, 5.41) is 0. The van der Waals surface area contributed by atoms with Crippen molar-refractivity contribution >= 4 is 17.7 Å². The van der Waals surface area contributed by atoms with Crippen LogP contribution in [0.4, 0.5) is 10.5 Å². The minimum atomic E-state index is -0.530. The third kappa shape index (κ3) is 2.00. The Labute approximate surface area is 104 Å². The average Bonchev–Trinajstić information content (AvgIpc) is 2.83. The van der Waals surface area contributed by atoms with E-state index in [1.807, 2.05) is 0 Å². The van der Waals surface area contributed by atoms with Crippen LogP contribution in [0.25, 0.3) is 0 Å². The van der Waals surface area contributed by atoms with E-state index in [0.29, 0.717) is 24.4 Å². The molecule has 0 atom stereocenters. The Morgan fingerprint density at radius 2 is 2.33 bits per heavy atom. The summed E-state index contributed by atoms with van der Waals surface area (Å²) in [6.45, 7) is 0.790. The molecule has 1 aliphatic rings. The van der Waals surface area contributed by atoms with E-state index in [4.69, 9.17) is 11.2 Å². The van der Waals surface area contributed by atoms with Crippen LogP contribution in [0.2, 0.25) is 0 Å². The maximum absolute atomic E-state index is 11.6. The summed E-state index contributed by atoms with van der Waals surface area (Å²) in [6, 6.07) is 4.81. The molecule has 0 aliphatic carbocycles. The Morgan fingerprint density at radius 3 is 2.89 bits per heavy atom. The fraction of sp³-hybridized carbons (Fsp3) is 0.231. The number of amides is 1. The van der Waals surface area contributed by atoms with E-state index in [2.05, 4.69) is 10.7 Å². The van der Waals surface area contributed by atoms with E-state index in [0.717, 1.165) is 0 Å². The summed E-state index contributed by atoms with van der Waals surface area (Å²) < 4.78 is 9.49. The van der Waals surface area contributed by atoms with Crippen molar-refractivity contribution in [2.24, 2.45) is 0 Å². The summed E-state index contributed by atoms with van der Waals surface area (Å²) in [5.41, 5.74) is 1.26. The Morgan fingerprint density at radius 1 is 1.56 bits per heavy atom. The number of anilines is 1. The van der Waals surface area contributed by atoms with Crippen LogP contribution in [0.15, 0.2) is 18.2 Å². The molecule has 2 rings (SSSR count). The normalized spacial score (nSPS) is 14.0. The second-order valence-corrected chi connectivity index (χ2v) is 3.63. The highest BCUT2D eigenvalue weighted by Crippen LogP contribution is 2.22. The van der Waals surface area contributed by atoms with Gasteiger partial charge in [-0.3, -0.25) is 4.90 Å². The zero-order valence-corrected chi connectivity index (χ0v) is 9.80. The van der Waals surface area contributed by atoms with Gasteiger partial charge in [0.15, 0.2) is 0 Å². The van der Waals surface area contributed by atoms with Gasteiger partial charge in [0.2, 0.25) is 0 Å². The third-order valence-electron chi connectivity index (χ3n) is 2.64. The number of nitrogens with zero attached hydrogens (tertiary/aromatic N) is 1. The number of methoxy groups -OCH3 is 1. The molecular formula is C13H11NO4. The van der Waals surface area contributed by atoms with Gasteiger partial charge in [0, 0.05) is 11.3 Å². The zero-order chi connectivity index (χ0) is 13.1. The van der Waals surface area contributed by atoms with E-state index in [1.54, 1.807) is 12.1 Å². The standard InChI is InChI=1S/C13H11NO4/c1-3-9-4-5-10(8-11(9)12(15)17-2)14-6-7-18-13(14)16/h1,4-5,8H,6-7H2,2H3. The summed E-state index contributed by atoms with van der Waals surface area (Å²) >= 11 is 0. The maximum Gasteiger partial charge on any atom is 0.414 e. The Balaban J connectivity index is 2.43. The van der Waals surface area contributed by atoms with Crippen LogP contribution in [0.1, 0.15) is 15.9 Å². The molecule has 0 aromatic heterocycles. The molecule has 1 aromatic rings. The zero-order valence-electron chi connectivity index (χ0n) is 9.80. The number of hydrogen-bond donors (Lipinski definition) is 0. The second-order valence-electron chi connectivity index (χ2n) is 3.63. The van der Waals surface area contributed by atoms with Crippen molar-refractivity contribution < 1.29 is 19.1 Å². The van der Waals surface area contributed by atoms with Crippen LogP contribution in [0.3, 0.4) is 0 Å². The average molecular weight is 245 g/mol. The number of rotatable bonds is 2. The molecule has 18 heavy (non-hydrogen) atoms. The van der Waals surface area contributed by atoms with E-state index in [-0.39, 0.29) is 5.56 Å². The SMILES string of the molecule is C#Cc1ccc(N2CCOC2=O)cc1C(=O)OC. The van der Waals surface area contributed by atoms with E-state index < -0.39 is 12.1 Å². The molecule has 0 unspecified atom stereocenters. The van der Waals surface area contributed by atoms with E-state index in [1.165, 1.54) is 18.1 Å². The van der Waals surface area contributed by atoms with Crippen LogP contribution < -0.4 is 4.90 Å². The molecule has 0 bridgehead atoms. The monoisotopic (exact) mass is 245 g/mol. The predicted octanol–water partition coefficient (Wildman–Crippen LogP) is 1.41. The number of esters is 1. The van der Waals surface area contributed by atoms with Crippen molar-refractivity contribution in [3.05, 3.63) is 29.3 Å². The summed E-state index contributed by atoms with van der Waals surface area (Å²) in [6.07, 6.45) is 4.88. The van der Waals surface area contributed by atoms with Crippen molar-refractivity contribution in [3.8, 4) is 12.3 Å². The van der Waals surface area contributed by atoms with Gasteiger partial charge < -0.3 is 9.47 Å². The van der Waals surface area contributed by atoms with Crippen LogP contribution in [0, 0.1) is 12.3 Å². The highest BCUT2D eigenvalue weighted by Gasteiger charge is 2.25. The van der Waals surface area contributed by atoms with Crippen molar-refractivity contribution in [2.75, 3.05) is 25.2 Å². The highest BCUT2D eigenvalue weighted by molar-refractivity contribution is 5.96. The predicted molar refractivity (Wildman–Crippen MR) is 64.4 cm³/mol. The Bertz CT molecular complexity index is 544. The van der Waals surface area contributed by atoms with Crippen molar-refractivity contribution in [1.82, 2.24) is 0 Å². The number of hydrogen-bond acceptors (Lipinski definition) is 4. The first-order valence-corrected chi connectivity index (χ1v) is 5.30. The molecular weight excluding hydrogens is 234 g/mol. The number of ether oxygens (including phenoxy) is 2. The molecule has 0 saturated carbocycles. The summed E-state index contributed by atoms with van der Waals surface area (Å²) in [4.78, 5) is 24.5. The van der Waals surface area contributed by atoms with Crippen LogP contribution >= 0.6 is 0 Å². The van der Waals surface area contributed by atoms with Crippen molar-refractivity contribution in [1.29, 1.82) is 0 Å². The molecule has 92 valence electrons. The quantitative estimate of drug-likeness (QED) is 0.584. The van der Waals surface area contributed by atoms with Gasteiger partial charge in [-0.25, -0.2) is 9.59 Å². The summed E-state index contributed by atoms with van der Waals surface area (Å²) in [5.74, 6) is 1.87. The lowest BCUT2D eigenvalue weighted by Crippen LogP contribution is -2.23. The van der Waals surface area contributed by atoms with Gasteiger partial charge in [-0.2, -0.15) is 0 Å². The lowest BCUT2D eigenvalue weighted by Gasteiger charge is -2.14. The van der Waals surface area contributed by atoms with Gasteiger partial charge in [0.25, 0.3) is 0 Å². The minimum absolute atomic E-state index is 0.261. The smallest absolute Gasteiger partial charge is 0.414 e. The fourth-order valence-corrected chi connectivity index (χ4v) is 1.73. The number of benzene rings is 1. The highest BCUT2D eigenvalue weighted by atomic mass is 16.6. The molecule has 1 amide bonds. The molecule has 1 heterocycles. The molecule has 0 spiro atoms. The molecule has 1 aromatic carbocycles. The van der Waals surface area contributed by atoms with Gasteiger partial charge >= 0.3 is 12.1 Å². The lowest BCUT2D eigenvalue weighted by atomic mass is 10.1. The van der Waals surface area contributed by atoms with Crippen molar-refractivity contribution in [3.63, 3.8) is 0 Å². The molecule has 0 N–H and O–H groups in total.